The normalized spacial score (nSPS) is 9.93. The molecule has 0 saturated heterocycles. The van der Waals surface area contributed by atoms with Crippen LogP contribution >= 0.6 is 0 Å². The van der Waals surface area contributed by atoms with Gasteiger partial charge in [0.1, 0.15) is 5.69 Å². The van der Waals surface area contributed by atoms with Gasteiger partial charge in [-0.25, -0.2) is 4.98 Å². The Hall–Kier alpha value is -1.69. The molecule has 0 spiro atoms. The van der Waals surface area contributed by atoms with Gasteiger partial charge in [-0.05, 0) is 6.42 Å². The highest BCUT2D eigenvalue weighted by Crippen LogP contribution is 1.87. The number of nitrogens with one attached hydrogen (secondary N) is 2. The van der Waals surface area contributed by atoms with Crippen LogP contribution in [0, 0.1) is 0 Å². The van der Waals surface area contributed by atoms with Crippen LogP contribution in [0.25, 0.3) is 0 Å². The van der Waals surface area contributed by atoms with Crippen molar-refractivity contribution in [2.75, 3.05) is 20.3 Å². The predicted molar refractivity (Wildman–Crippen MR) is 53.7 cm³/mol. The lowest BCUT2D eigenvalue weighted by atomic mass is 10.4. The molecule has 0 aliphatic rings. The van der Waals surface area contributed by atoms with Gasteiger partial charge in [0, 0.05) is 26.5 Å². The Morgan fingerprint density at radius 3 is 3.07 bits per heavy atom. The molecule has 0 unspecified atom stereocenters. The Labute approximate surface area is 86.7 Å². The molecule has 0 aromatic carbocycles. The van der Waals surface area contributed by atoms with E-state index >= 15 is 0 Å². The fourth-order valence-electron chi connectivity index (χ4n) is 0.975. The van der Waals surface area contributed by atoms with Gasteiger partial charge in [0.05, 0.1) is 6.20 Å². The van der Waals surface area contributed by atoms with Crippen molar-refractivity contribution in [2.45, 2.75) is 6.42 Å². The molecule has 0 bridgehead atoms. The van der Waals surface area contributed by atoms with Gasteiger partial charge in [-0.3, -0.25) is 9.59 Å². The van der Waals surface area contributed by atoms with E-state index in [1.54, 1.807) is 7.11 Å². The number of carbonyl (C=O) groups is 1. The minimum Gasteiger partial charge on any atom is -0.385 e. The number of carbonyl (C=O) groups excluding carboxylic acids is 1. The summed E-state index contributed by atoms with van der Waals surface area (Å²) in [5.41, 5.74) is -0.127. The van der Waals surface area contributed by atoms with Gasteiger partial charge >= 0.3 is 0 Å². The van der Waals surface area contributed by atoms with Crippen molar-refractivity contribution in [3.05, 3.63) is 28.4 Å². The summed E-state index contributed by atoms with van der Waals surface area (Å²) >= 11 is 0. The van der Waals surface area contributed by atoms with Crippen LogP contribution in [0.1, 0.15) is 16.9 Å². The van der Waals surface area contributed by atoms with Gasteiger partial charge < -0.3 is 15.0 Å². The number of ether oxygens (including phenoxy) is 1. The van der Waals surface area contributed by atoms with E-state index in [1.807, 2.05) is 0 Å². The monoisotopic (exact) mass is 211 g/mol. The maximum absolute atomic E-state index is 11.4. The van der Waals surface area contributed by atoms with Crippen molar-refractivity contribution in [2.24, 2.45) is 0 Å². The SMILES string of the molecule is COCCCNC(=O)c1c[nH]c(=O)cn1. The van der Waals surface area contributed by atoms with E-state index in [2.05, 4.69) is 15.3 Å². The minimum absolute atomic E-state index is 0.201. The van der Waals surface area contributed by atoms with Gasteiger partial charge in [0.2, 0.25) is 0 Å². The molecule has 0 aliphatic carbocycles. The summed E-state index contributed by atoms with van der Waals surface area (Å²) in [5.74, 6) is -0.303. The van der Waals surface area contributed by atoms with Crippen molar-refractivity contribution in [3.63, 3.8) is 0 Å². The molecule has 2 N–H and O–H groups in total. The lowest BCUT2D eigenvalue weighted by molar-refractivity contribution is 0.0943. The van der Waals surface area contributed by atoms with E-state index < -0.39 is 0 Å². The van der Waals surface area contributed by atoms with Gasteiger partial charge in [-0.1, -0.05) is 0 Å². The Kier molecular flexibility index (Phi) is 4.49. The van der Waals surface area contributed by atoms with E-state index in [-0.39, 0.29) is 17.2 Å². The average molecular weight is 211 g/mol. The van der Waals surface area contributed by atoms with Gasteiger partial charge in [0.25, 0.3) is 11.5 Å². The molecule has 6 heteroatoms. The summed E-state index contributed by atoms with van der Waals surface area (Å²) < 4.78 is 4.83. The van der Waals surface area contributed by atoms with Crippen molar-refractivity contribution in [1.29, 1.82) is 0 Å². The van der Waals surface area contributed by atoms with Crippen molar-refractivity contribution >= 4 is 5.91 Å². The number of aromatic amines is 1. The van der Waals surface area contributed by atoms with Crippen LogP contribution in [-0.2, 0) is 4.74 Å². The molecule has 0 fully saturated rings. The number of amides is 1. The van der Waals surface area contributed by atoms with Crippen molar-refractivity contribution < 1.29 is 9.53 Å². The molecule has 0 atom stereocenters. The van der Waals surface area contributed by atoms with E-state index in [1.165, 1.54) is 6.20 Å². The largest absolute Gasteiger partial charge is 0.385 e. The summed E-state index contributed by atoms with van der Waals surface area (Å²) in [4.78, 5) is 28.1. The maximum Gasteiger partial charge on any atom is 0.271 e. The molecule has 0 saturated carbocycles. The molecule has 0 radical (unpaired) electrons. The molecule has 0 aliphatic heterocycles. The lowest BCUT2D eigenvalue weighted by Gasteiger charge is -2.03. The fraction of sp³-hybridized carbons (Fsp3) is 0.444. The fourth-order valence-corrected chi connectivity index (χ4v) is 0.975. The quantitative estimate of drug-likeness (QED) is 0.645. The summed E-state index contributed by atoms with van der Waals surface area (Å²) in [5, 5.41) is 2.65. The highest BCUT2D eigenvalue weighted by molar-refractivity contribution is 5.91. The highest BCUT2D eigenvalue weighted by Gasteiger charge is 2.05. The third kappa shape index (κ3) is 3.90. The second kappa shape index (κ2) is 5.92. The first kappa shape index (κ1) is 11.4. The van der Waals surface area contributed by atoms with E-state index in [4.69, 9.17) is 4.74 Å². The Morgan fingerprint density at radius 1 is 1.67 bits per heavy atom. The predicted octanol–water partition coefficient (Wildman–Crippen LogP) is -0.464. The molecular formula is C9H13N3O3. The van der Waals surface area contributed by atoms with Crippen molar-refractivity contribution in [3.8, 4) is 0 Å². The van der Waals surface area contributed by atoms with E-state index in [9.17, 15) is 9.59 Å². The zero-order valence-electron chi connectivity index (χ0n) is 8.45. The van der Waals surface area contributed by atoms with Crippen LogP contribution in [0.15, 0.2) is 17.2 Å². The third-order valence-electron chi connectivity index (χ3n) is 1.72. The molecule has 1 aromatic rings. The zero-order chi connectivity index (χ0) is 11.1. The van der Waals surface area contributed by atoms with Gasteiger partial charge in [-0.15, -0.1) is 0 Å². The summed E-state index contributed by atoms with van der Waals surface area (Å²) in [6, 6.07) is 0. The highest BCUT2D eigenvalue weighted by atomic mass is 16.5. The standard InChI is InChI=1S/C9H13N3O3/c1-15-4-2-3-10-9(14)7-5-12-8(13)6-11-7/h5-6H,2-4H2,1H3,(H,10,14)(H,12,13). The van der Waals surface area contributed by atoms with Gasteiger partial charge in [0.15, 0.2) is 0 Å². The molecule has 1 heterocycles. The number of H-pyrrole nitrogens is 1. The zero-order valence-corrected chi connectivity index (χ0v) is 8.45. The van der Waals surface area contributed by atoms with Crippen LogP contribution in [0.5, 0.6) is 0 Å². The van der Waals surface area contributed by atoms with Crippen LogP contribution in [0.2, 0.25) is 0 Å². The number of methoxy groups -OCH3 is 1. The molecule has 6 nitrogen and oxygen atoms in total. The lowest BCUT2D eigenvalue weighted by Crippen LogP contribution is -2.27. The van der Waals surface area contributed by atoms with E-state index in [0.717, 1.165) is 12.6 Å². The minimum atomic E-state index is -0.328. The summed E-state index contributed by atoms with van der Waals surface area (Å²) in [7, 11) is 1.60. The Morgan fingerprint density at radius 2 is 2.47 bits per heavy atom. The molecular weight excluding hydrogens is 198 g/mol. The average Bonchev–Trinajstić information content (AvgIpc) is 2.25. The molecule has 1 aromatic heterocycles. The van der Waals surface area contributed by atoms with Gasteiger partial charge in [-0.2, -0.15) is 0 Å². The molecule has 82 valence electrons. The Bertz CT molecular complexity index is 355. The second-order valence-corrected chi connectivity index (χ2v) is 2.90. The number of rotatable bonds is 5. The number of hydrogen-bond donors (Lipinski definition) is 2. The topological polar surface area (TPSA) is 84.1 Å². The smallest absolute Gasteiger partial charge is 0.271 e. The molecule has 1 rings (SSSR count). The van der Waals surface area contributed by atoms with E-state index in [0.29, 0.717) is 13.2 Å². The van der Waals surface area contributed by atoms with Crippen molar-refractivity contribution in [1.82, 2.24) is 15.3 Å². The first-order chi connectivity index (χ1) is 7.24. The summed E-state index contributed by atoms with van der Waals surface area (Å²) in [6.45, 7) is 1.12. The van der Waals surface area contributed by atoms with Crippen LogP contribution < -0.4 is 10.9 Å². The van der Waals surface area contributed by atoms with Crippen LogP contribution in [0.4, 0.5) is 0 Å². The molecule has 15 heavy (non-hydrogen) atoms. The maximum atomic E-state index is 11.4. The molecule has 1 amide bonds. The third-order valence-corrected chi connectivity index (χ3v) is 1.72. The first-order valence-electron chi connectivity index (χ1n) is 4.56. The first-order valence-corrected chi connectivity index (χ1v) is 4.56. The van der Waals surface area contributed by atoms with Crippen LogP contribution in [0.3, 0.4) is 0 Å². The number of hydrogen-bond acceptors (Lipinski definition) is 4. The number of nitrogens with zero attached hydrogens (tertiary/aromatic N) is 1. The Balaban J connectivity index is 2.40. The second-order valence-electron chi connectivity index (χ2n) is 2.90. The number of aromatic nitrogens is 2. The summed E-state index contributed by atoms with van der Waals surface area (Å²) in [6.07, 6.45) is 3.10. The van der Waals surface area contributed by atoms with Crippen LogP contribution in [-0.4, -0.2) is 36.1 Å².